The van der Waals surface area contributed by atoms with Crippen LogP contribution in [0.1, 0.15) is 52.4 Å². The van der Waals surface area contributed by atoms with Crippen molar-refractivity contribution in [1.82, 2.24) is 0 Å². The van der Waals surface area contributed by atoms with Gasteiger partial charge in [-0.15, -0.1) is 0 Å². The molecule has 3 atom stereocenters. The molecule has 0 aliphatic heterocycles. The SMILES string of the molecule is CCCCC1CCC(C)C(I)C1. The smallest absolute Gasteiger partial charge is 0.0138 e. The van der Waals surface area contributed by atoms with Crippen LogP contribution < -0.4 is 0 Å². The first-order valence-electron chi connectivity index (χ1n) is 5.38. The fourth-order valence-electron chi connectivity index (χ4n) is 2.10. The highest BCUT2D eigenvalue weighted by atomic mass is 127. The zero-order chi connectivity index (χ0) is 8.97. The normalized spacial score (nSPS) is 36.8. The lowest BCUT2D eigenvalue weighted by Crippen LogP contribution is -2.22. The average Bonchev–Trinajstić information content (AvgIpc) is 2.07. The quantitative estimate of drug-likeness (QED) is 0.530. The number of halogens is 1. The Morgan fingerprint density at radius 1 is 1.33 bits per heavy atom. The third kappa shape index (κ3) is 3.23. The van der Waals surface area contributed by atoms with E-state index in [1.165, 1.54) is 38.5 Å². The van der Waals surface area contributed by atoms with Crippen molar-refractivity contribution in [3.8, 4) is 0 Å². The molecule has 0 saturated heterocycles. The first-order chi connectivity index (χ1) is 5.74. The Kier molecular flexibility index (Phi) is 4.92. The Hall–Kier alpha value is 0.730. The number of hydrogen-bond acceptors (Lipinski definition) is 0. The molecule has 1 heteroatoms. The predicted molar refractivity (Wildman–Crippen MR) is 63.8 cm³/mol. The number of unbranched alkanes of at least 4 members (excludes halogenated alkanes) is 1. The van der Waals surface area contributed by atoms with Crippen molar-refractivity contribution < 1.29 is 0 Å². The van der Waals surface area contributed by atoms with Gasteiger partial charge in [-0.1, -0.05) is 62.1 Å². The predicted octanol–water partition coefficient (Wildman–Crippen LogP) is 4.42. The summed E-state index contributed by atoms with van der Waals surface area (Å²) >= 11 is 2.65. The minimum Gasteiger partial charge on any atom is -0.0823 e. The molecule has 0 heterocycles. The zero-order valence-electron chi connectivity index (χ0n) is 8.35. The molecule has 1 rings (SSSR count). The molecular weight excluding hydrogens is 259 g/mol. The van der Waals surface area contributed by atoms with Gasteiger partial charge in [-0.05, 0) is 24.7 Å². The maximum Gasteiger partial charge on any atom is 0.0138 e. The van der Waals surface area contributed by atoms with E-state index in [-0.39, 0.29) is 0 Å². The summed E-state index contributed by atoms with van der Waals surface area (Å²) in [5.74, 6) is 2.03. The lowest BCUT2D eigenvalue weighted by Gasteiger charge is -2.30. The molecule has 0 bridgehead atoms. The summed E-state index contributed by atoms with van der Waals surface area (Å²) in [6.07, 6.45) is 8.77. The molecule has 1 aliphatic rings. The van der Waals surface area contributed by atoms with Gasteiger partial charge in [-0.3, -0.25) is 0 Å². The van der Waals surface area contributed by atoms with E-state index in [4.69, 9.17) is 0 Å². The Balaban J connectivity index is 2.21. The summed E-state index contributed by atoms with van der Waals surface area (Å²) in [6, 6.07) is 0. The van der Waals surface area contributed by atoms with Crippen LogP contribution in [0.4, 0.5) is 0 Å². The number of hydrogen-bond donors (Lipinski definition) is 0. The Bertz CT molecular complexity index is 120. The number of rotatable bonds is 3. The van der Waals surface area contributed by atoms with E-state index in [1.54, 1.807) is 0 Å². The first-order valence-corrected chi connectivity index (χ1v) is 6.62. The third-order valence-corrected chi connectivity index (χ3v) is 4.91. The van der Waals surface area contributed by atoms with Gasteiger partial charge in [0.25, 0.3) is 0 Å². The van der Waals surface area contributed by atoms with Gasteiger partial charge in [0.05, 0.1) is 0 Å². The van der Waals surface area contributed by atoms with E-state index in [0.717, 1.165) is 15.8 Å². The minimum atomic E-state index is 0.957. The van der Waals surface area contributed by atoms with E-state index in [1.807, 2.05) is 0 Å². The maximum atomic E-state index is 2.65. The lowest BCUT2D eigenvalue weighted by atomic mass is 9.81. The second kappa shape index (κ2) is 5.46. The minimum absolute atomic E-state index is 0.957. The van der Waals surface area contributed by atoms with Crippen molar-refractivity contribution in [3.63, 3.8) is 0 Å². The molecule has 0 aromatic rings. The van der Waals surface area contributed by atoms with Crippen molar-refractivity contribution in [2.24, 2.45) is 11.8 Å². The van der Waals surface area contributed by atoms with E-state index in [2.05, 4.69) is 36.4 Å². The topological polar surface area (TPSA) is 0 Å². The average molecular weight is 280 g/mol. The highest BCUT2D eigenvalue weighted by Gasteiger charge is 2.24. The first kappa shape index (κ1) is 10.8. The second-order valence-corrected chi connectivity index (χ2v) is 5.91. The Labute approximate surface area is 90.6 Å². The molecule has 72 valence electrons. The standard InChI is InChI=1S/C11H21I/c1-3-4-5-10-7-6-9(2)11(12)8-10/h9-11H,3-8H2,1-2H3. The summed E-state index contributed by atoms with van der Waals surface area (Å²) in [6.45, 7) is 4.71. The van der Waals surface area contributed by atoms with Gasteiger partial charge >= 0.3 is 0 Å². The van der Waals surface area contributed by atoms with Crippen LogP contribution in [-0.4, -0.2) is 3.92 Å². The van der Waals surface area contributed by atoms with E-state index in [9.17, 15) is 0 Å². The zero-order valence-corrected chi connectivity index (χ0v) is 10.5. The molecule has 0 aromatic carbocycles. The third-order valence-electron chi connectivity index (χ3n) is 3.17. The maximum absolute atomic E-state index is 2.65. The van der Waals surface area contributed by atoms with E-state index < -0.39 is 0 Å². The summed E-state index contributed by atoms with van der Waals surface area (Å²) in [5, 5.41) is 0. The lowest BCUT2D eigenvalue weighted by molar-refractivity contribution is 0.289. The Morgan fingerprint density at radius 3 is 2.67 bits per heavy atom. The van der Waals surface area contributed by atoms with Crippen LogP contribution in [0.5, 0.6) is 0 Å². The molecule has 0 radical (unpaired) electrons. The fraction of sp³-hybridized carbons (Fsp3) is 1.00. The van der Waals surface area contributed by atoms with Crippen LogP contribution in [0.3, 0.4) is 0 Å². The van der Waals surface area contributed by atoms with Crippen molar-refractivity contribution >= 4 is 22.6 Å². The van der Waals surface area contributed by atoms with Crippen molar-refractivity contribution in [2.75, 3.05) is 0 Å². The van der Waals surface area contributed by atoms with E-state index >= 15 is 0 Å². The molecule has 0 nitrogen and oxygen atoms in total. The van der Waals surface area contributed by atoms with Crippen molar-refractivity contribution in [2.45, 2.75) is 56.3 Å². The van der Waals surface area contributed by atoms with Crippen LogP contribution in [0.2, 0.25) is 0 Å². The molecule has 0 spiro atoms. The summed E-state index contributed by atoms with van der Waals surface area (Å²) in [7, 11) is 0. The van der Waals surface area contributed by atoms with Crippen molar-refractivity contribution in [3.05, 3.63) is 0 Å². The number of alkyl halides is 1. The second-order valence-electron chi connectivity index (χ2n) is 4.31. The van der Waals surface area contributed by atoms with Crippen LogP contribution in [-0.2, 0) is 0 Å². The molecule has 0 amide bonds. The summed E-state index contributed by atoms with van der Waals surface area (Å²) in [5.41, 5.74) is 0. The molecule has 0 aromatic heterocycles. The van der Waals surface area contributed by atoms with Gasteiger partial charge in [0.15, 0.2) is 0 Å². The molecule has 3 unspecified atom stereocenters. The van der Waals surface area contributed by atoms with Gasteiger partial charge in [0, 0.05) is 3.92 Å². The monoisotopic (exact) mass is 280 g/mol. The van der Waals surface area contributed by atoms with Crippen molar-refractivity contribution in [1.29, 1.82) is 0 Å². The van der Waals surface area contributed by atoms with Gasteiger partial charge in [0.2, 0.25) is 0 Å². The largest absolute Gasteiger partial charge is 0.0823 e. The van der Waals surface area contributed by atoms with Gasteiger partial charge in [0.1, 0.15) is 0 Å². The molecule has 1 aliphatic carbocycles. The molecule has 1 saturated carbocycles. The van der Waals surface area contributed by atoms with Gasteiger partial charge in [-0.25, -0.2) is 0 Å². The van der Waals surface area contributed by atoms with Crippen LogP contribution in [0, 0.1) is 11.8 Å². The van der Waals surface area contributed by atoms with Crippen LogP contribution in [0.25, 0.3) is 0 Å². The molecular formula is C11H21I. The molecule has 0 N–H and O–H groups in total. The highest BCUT2D eigenvalue weighted by Crippen LogP contribution is 2.35. The van der Waals surface area contributed by atoms with Gasteiger partial charge < -0.3 is 0 Å². The summed E-state index contributed by atoms with van der Waals surface area (Å²) < 4.78 is 0.957. The summed E-state index contributed by atoms with van der Waals surface area (Å²) in [4.78, 5) is 0. The Morgan fingerprint density at radius 2 is 2.08 bits per heavy atom. The van der Waals surface area contributed by atoms with Crippen LogP contribution in [0.15, 0.2) is 0 Å². The molecule has 1 fully saturated rings. The molecule has 12 heavy (non-hydrogen) atoms. The van der Waals surface area contributed by atoms with Gasteiger partial charge in [-0.2, -0.15) is 0 Å². The fourth-order valence-corrected chi connectivity index (χ4v) is 3.18. The highest BCUT2D eigenvalue weighted by molar-refractivity contribution is 14.1. The van der Waals surface area contributed by atoms with E-state index in [0.29, 0.717) is 0 Å². The van der Waals surface area contributed by atoms with Crippen LogP contribution >= 0.6 is 22.6 Å².